The number of nitrogens with one attached hydrogen (secondary N) is 1. The van der Waals surface area contributed by atoms with Crippen molar-refractivity contribution in [1.29, 1.82) is 0 Å². The molecule has 0 aliphatic rings. The first-order valence-corrected chi connectivity index (χ1v) is 12.6. The SMILES string of the molecule is CCCN(C(=O)CNc1ccc2c(N)nccc2c1)[C@H](C(=O)O)c1ccccc1S(=O)(=O)CC. The van der Waals surface area contributed by atoms with Crippen LogP contribution in [-0.2, 0) is 19.4 Å². The molecule has 180 valence electrons. The maximum absolute atomic E-state index is 13.2. The fourth-order valence-corrected chi connectivity index (χ4v) is 4.94. The number of carbonyl (C=O) groups excluding carboxylic acids is 1. The number of amides is 1. The number of carbonyl (C=O) groups is 2. The normalized spacial score (nSPS) is 12.3. The molecule has 0 saturated heterocycles. The second-order valence-electron chi connectivity index (χ2n) is 7.75. The predicted octanol–water partition coefficient (Wildman–Crippen LogP) is 3.09. The van der Waals surface area contributed by atoms with E-state index >= 15 is 0 Å². The van der Waals surface area contributed by atoms with Crippen molar-refractivity contribution in [2.75, 3.05) is 29.9 Å². The average Bonchev–Trinajstić information content (AvgIpc) is 2.82. The molecule has 0 spiro atoms. The molecule has 0 saturated carbocycles. The van der Waals surface area contributed by atoms with Gasteiger partial charge in [0.05, 0.1) is 17.2 Å². The Morgan fingerprint density at radius 1 is 1.15 bits per heavy atom. The van der Waals surface area contributed by atoms with Gasteiger partial charge in [-0.2, -0.15) is 0 Å². The van der Waals surface area contributed by atoms with E-state index < -0.39 is 27.8 Å². The highest BCUT2D eigenvalue weighted by atomic mass is 32.2. The van der Waals surface area contributed by atoms with E-state index in [0.717, 1.165) is 10.8 Å². The van der Waals surface area contributed by atoms with Gasteiger partial charge in [0, 0.05) is 29.4 Å². The van der Waals surface area contributed by atoms with Gasteiger partial charge in [0.2, 0.25) is 5.91 Å². The van der Waals surface area contributed by atoms with Crippen LogP contribution in [0.1, 0.15) is 31.9 Å². The molecule has 1 heterocycles. The van der Waals surface area contributed by atoms with Gasteiger partial charge in [-0.1, -0.05) is 32.0 Å². The van der Waals surface area contributed by atoms with Crippen LogP contribution in [0.25, 0.3) is 10.8 Å². The number of benzene rings is 2. The fraction of sp³-hybridized carbons (Fsp3) is 0.292. The molecule has 9 nitrogen and oxygen atoms in total. The summed E-state index contributed by atoms with van der Waals surface area (Å²) >= 11 is 0. The van der Waals surface area contributed by atoms with Crippen LogP contribution in [0.3, 0.4) is 0 Å². The number of fused-ring (bicyclic) bond motifs is 1. The number of hydrogen-bond donors (Lipinski definition) is 3. The minimum Gasteiger partial charge on any atom is -0.479 e. The van der Waals surface area contributed by atoms with Gasteiger partial charge < -0.3 is 21.1 Å². The van der Waals surface area contributed by atoms with Crippen molar-refractivity contribution >= 4 is 44.0 Å². The number of rotatable bonds is 10. The molecule has 1 aromatic heterocycles. The summed E-state index contributed by atoms with van der Waals surface area (Å²) in [7, 11) is -3.69. The van der Waals surface area contributed by atoms with Crippen molar-refractivity contribution in [3.63, 3.8) is 0 Å². The monoisotopic (exact) mass is 484 g/mol. The third-order valence-corrected chi connectivity index (χ3v) is 7.30. The Morgan fingerprint density at radius 3 is 2.56 bits per heavy atom. The molecule has 0 aliphatic carbocycles. The topological polar surface area (TPSA) is 143 Å². The molecule has 0 aliphatic heterocycles. The van der Waals surface area contributed by atoms with Gasteiger partial charge in [-0.15, -0.1) is 0 Å². The highest BCUT2D eigenvalue weighted by Gasteiger charge is 2.34. The van der Waals surface area contributed by atoms with Crippen LogP contribution in [0.4, 0.5) is 11.5 Å². The van der Waals surface area contributed by atoms with E-state index in [2.05, 4.69) is 10.3 Å². The molecule has 0 unspecified atom stereocenters. The summed E-state index contributed by atoms with van der Waals surface area (Å²) in [4.78, 5) is 30.7. The summed E-state index contributed by atoms with van der Waals surface area (Å²) in [5, 5.41) is 14.7. The van der Waals surface area contributed by atoms with Crippen LogP contribution in [-0.4, -0.2) is 54.1 Å². The molecule has 0 fully saturated rings. The van der Waals surface area contributed by atoms with Crippen LogP contribution >= 0.6 is 0 Å². The molecule has 1 amide bonds. The van der Waals surface area contributed by atoms with Gasteiger partial charge in [-0.25, -0.2) is 18.2 Å². The Balaban J connectivity index is 1.90. The average molecular weight is 485 g/mol. The summed E-state index contributed by atoms with van der Waals surface area (Å²) in [6.07, 6.45) is 2.09. The Morgan fingerprint density at radius 2 is 1.88 bits per heavy atom. The van der Waals surface area contributed by atoms with Gasteiger partial charge in [0.25, 0.3) is 0 Å². The van der Waals surface area contributed by atoms with Crippen LogP contribution in [0.15, 0.2) is 59.6 Å². The van der Waals surface area contributed by atoms with Crippen LogP contribution in [0.2, 0.25) is 0 Å². The lowest BCUT2D eigenvalue weighted by atomic mass is 10.0. The van der Waals surface area contributed by atoms with Gasteiger partial charge >= 0.3 is 5.97 Å². The molecule has 1 atom stereocenters. The lowest BCUT2D eigenvalue weighted by Crippen LogP contribution is -2.42. The number of pyridine rings is 1. The maximum atomic E-state index is 13.2. The third-order valence-electron chi connectivity index (χ3n) is 5.50. The lowest BCUT2D eigenvalue weighted by Gasteiger charge is -2.30. The van der Waals surface area contributed by atoms with Crippen LogP contribution in [0.5, 0.6) is 0 Å². The van der Waals surface area contributed by atoms with Crippen LogP contribution < -0.4 is 11.1 Å². The number of anilines is 2. The number of aliphatic carboxylic acids is 1. The zero-order chi connectivity index (χ0) is 24.9. The first-order chi connectivity index (χ1) is 16.2. The maximum Gasteiger partial charge on any atom is 0.331 e. The zero-order valence-corrected chi connectivity index (χ0v) is 19.9. The molecule has 4 N–H and O–H groups in total. The molecular weight excluding hydrogens is 456 g/mol. The number of nitrogens with zero attached hydrogens (tertiary/aromatic N) is 2. The molecule has 10 heteroatoms. The number of nitrogen functional groups attached to an aromatic ring is 1. The Bertz CT molecular complexity index is 1310. The fourth-order valence-electron chi connectivity index (χ4n) is 3.81. The zero-order valence-electron chi connectivity index (χ0n) is 19.1. The quantitative estimate of drug-likeness (QED) is 0.398. The number of sulfone groups is 1. The number of hydrogen-bond acceptors (Lipinski definition) is 7. The molecule has 0 bridgehead atoms. The second kappa shape index (κ2) is 10.5. The lowest BCUT2D eigenvalue weighted by molar-refractivity contribution is -0.150. The highest BCUT2D eigenvalue weighted by Crippen LogP contribution is 2.29. The molecule has 2 aromatic carbocycles. The Labute approximate surface area is 198 Å². The van der Waals surface area contributed by atoms with Crippen molar-refractivity contribution in [2.24, 2.45) is 0 Å². The molecular formula is C24H28N4O5S. The van der Waals surface area contributed by atoms with Crippen molar-refractivity contribution < 1.29 is 23.1 Å². The van der Waals surface area contributed by atoms with E-state index in [-0.39, 0.29) is 29.3 Å². The number of carboxylic acid groups (broad SMARTS) is 1. The van der Waals surface area contributed by atoms with E-state index in [1.165, 1.54) is 24.0 Å². The predicted molar refractivity (Wildman–Crippen MR) is 131 cm³/mol. The summed E-state index contributed by atoms with van der Waals surface area (Å²) in [5.74, 6) is -1.54. The smallest absolute Gasteiger partial charge is 0.331 e. The van der Waals surface area contributed by atoms with E-state index in [9.17, 15) is 23.1 Å². The Kier molecular flexibility index (Phi) is 7.72. The van der Waals surface area contributed by atoms with Crippen LogP contribution in [0, 0.1) is 0 Å². The molecule has 3 rings (SSSR count). The summed E-state index contributed by atoms with van der Waals surface area (Å²) < 4.78 is 25.2. The van der Waals surface area contributed by atoms with Gasteiger partial charge in [0.1, 0.15) is 5.82 Å². The van der Waals surface area contributed by atoms with E-state index in [1.54, 1.807) is 36.5 Å². The third kappa shape index (κ3) is 5.28. The summed E-state index contributed by atoms with van der Waals surface area (Å²) in [6.45, 7) is 3.30. The number of nitrogens with two attached hydrogens (primary N) is 1. The van der Waals surface area contributed by atoms with Gasteiger partial charge in [-0.3, -0.25) is 4.79 Å². The molecule has 0 radical (unpaired) electrons. The van der Waals surface area contributed by atoms with Crippen molar-refractivity contribution in [2.45, 2.75) is 31.2 Å². The van der Waals surface area contributed by atoms with E-state index in [0.29, 0.717) is 17.9 Å². The van der Waals surface area contributed by atoms with Crippen molar-refractivity contribution in [3.05, 3.63) is 60.3 Å². The number of carboxylic acids is 1. The van der Waals surface area contributed by atoms with Crippen molar-refractivity contribution in [3.8, 4) is 0 Å². The van der Waals surface area contributed by atoms with Gasteiger partial charge in [-0.05, 0) is 42.1 Å². The molecule has 34 heavy (non-hydrogen) atoms. The summed E-state index contributed by atoms with van der Waals surface area (Å²) in [5.41, 5.74) is 6.61. The van der Waals surface area contributed by atoms with E-state index in [4.69, 9.17) is 5.73 Å². The minimum absolute atomic E-state index is 0.0762. The minimum atomic E-state index is -3.69. The summed E-state index contributed by atoms with van der Waals surface area (Å²) in [6, 6.07) is 11.7. The van der Waals surface area contributed by atoms with Gasteiger partial charge in [0.15, 0.2) is 15.9 Å². The van der Waals surface area contributed by atoms with E-state index in [1.807, 2.05) is 13.0 Å². The standard InChI is InChI=1S/C24H28N4O5S/c1-3-13-28(22(24(30)31)19-7-5-6-8-20(19)34(32,33)4-2)21(29)15-27-17-9-10-18-16(14-17)11-12-26-23(18)25/h5-12,14,22,27H,3-4,13,15H2,1-2H3,(H2,25,26)(H,30,31)/t22-/m0/s1. The van der Waals surface area contributed by atoms with Crippen molar-refractivity contribution in [1.82, 2.24) is 9.88 Å². The second-order valence-corrected chi connectivity index (χ2v) is 10.0. The number of aromatic nitrogens is 1. The largest absolute Gasteiger partial charge is 0.479 e. The molecule has 3 aromatic rings. The first kappa shape index (κ1) is 25.0. The Hall–Kier alpha value is -3.66. The highest BCUT2D eigenvalue weighted by molar-refractivity contribution is 7.91. The first-order valence-electron chi connectivity index (χ1n) is 10.9.